The SMILES string of the molecule is CCC(C)n1nccc1NC(=O)c1c(C)oc2ncn(CCCOC)c(=O)c12. The number of ether oxygens (including phenoxy) is 1. The first-order valence-electron chi connectivity index (χ1n) is 9.30. The number of nitrogens with zero attached hydrogens (tertiary/aromatic N) is 4. The maximum Gasteiger partial charge on any atom is 0.265 e. The summed E-state index contributed by atoms with van der Waals surface area (Å²) in [5.74, 6) is 0.494. The van der Waals surface area contributed by atoms with Crippen molar-refractivity contribution in [2.45, 2.75) is 46.2 Å². The molecule has 0 radical (unpaired) electrons. The van der Waals surface area contributed by atoms with Crippen LogP contribution in [0.2, 0.25) is 0 Å². The number of rotatable bonds is 8. The molecule has 0 bridgehead atoms. The van der Waals surface area contributed by atoms with Crippen LogP contribution < -0.4 is 10.9 Å². The Morgan fingerprint density at radius 1 is 1.43 bits per heavy atom. The van der Waals surface area contributed by atoms with Crippen molar-refractivity contribution in [3.05, 3.63) is 40.3 Å². The highest BCUT2D eigenvalue weighted by atomic mass is 16.5. The zero-order chi connectivity index (χ0) is 20.3. The molecule has 9 heteroatoms. The molecular formula is C19H25N5O4. The molecule has 0 fully saturated rings. The van der Waals surface area contributed by atoms with E-state index in [0.29, 0.717) is 31.2 Å². The number of hydrogen-bond acceptors (Lipinski definition) is 6. The Kier molecular flexibility index (Phi) is 5.93. The molecule has 0 saturated heterocycles. The Balaban J connectivity index is 1.97. The van der Waals surface area contributed by atoms with Crippen LogP contribution in [0.5, 0.6) is 0 Å². The highest BCUT2D eigenvalue weighted by molar-refractivity contribution is 6.12. The fourth-order valence-electron chi connectivity index (χ4n) is 3.07. The van der Waals surface area contributed by atoms with Crippen LogP contribution in [-0.2, 0) is 11.3 Å². The molecule has 0 aliphatic carbocycles. The van der Waals surface area contributed by atoms with E-state index in [1.54, 1.807) is 31.0 Å². The van der Waals surface area contributed by atoms with Crippen molar-refractivity contribution in [2.24, 2.45) is 0 Å². The van der Waals surface area contributed by atoms with Gasteiger partial charge >= 0.3 is 0 Å². The first kappa shape index (κ1) is 19.8. The summed E-state index contributed by atoms with van der Waals surface area (Å²) in [4.78, 5) is 30.1. The van der Waals surface area contributed by atoms with Crippen molar-refractivity contribution in [3.8, 4) is 0 Å². The Hall–Kier alpha value is -2.94. The van der Waals surface area contributed by atoms with E-state index in [-0.39, 0.29) is 28.3 Å². The molecule has 0 spiro atoms. The molecular weight excluding hydrogens is 362 g/mol. The molecule has 3 rings (SSSR count). The van der Waals surface area contributed by atoms with Crippen LogP contribution in [0.3, 0.4) is 0 Å². The van der Waals surface area contributed by atoms with Gasteiger partial charge in [-0.25, -0.2) is 9.67 Å². The Morgan fingerprint density at radius 2 is 2.21 bits per heavy atom. The van der Waals surface area contributed by atoms with Gasteiger partial charge in [-0.2, -0.15) is 5.10 Å². The summed E-state index contributed by atoms with van der Waals surface area (Å²) >= 11 is 0. The first-order valence-corrected chi connectivity index (χ1v) is 9.30. The molecule has 3 heterocycles. The van der Waals surface area contributed by atoms with Gasteiger partial charge in [0.25, 0.3) is 11.5 Å². The number of aromatic nitrogens is 4. The fraction of sp³-hybridized carbons (Fsp3) is 0.474. The number of hydrogen-bond donors (Lipinski definition) is 1. The van der Waals surface area contributed by atoms with Gasteiger partial charge in [0.2, 0.25) is 5.71 Å². The second-order valence-corrected chi connectivity index (χ2v) is 6.68. The van der Waals surface area contributed by atoms with Gasteiger partial charge in [-0.15, -0.1) is 0 Å². The summed E-state index contributed by atoms with van der Waals surface area (Å²) in [6.45, 7) is 6.69. The standard InChI is InChI=1S/C19H25N5O4/c1-5-12(2)24-14(7-8-21-24)22-17(25)15-13(3)28-18-16(15)19(26)23(11-20-18)9-6-10-27-4/h7-8,11-12H,5-6,9-10H2,1-4H3,(H,22,25). The molecule has 3 aromatic heterocycles. The normalized spacial score (nSPS) is 12.4. The predicted octanol–water partition coefficient (Wildman–Crippen LogP) is 2.75. The number of methoxy groups -OCH3 is 1. The van der Waals surface area contributed by atoms with Crippen LogP contribution in [0, 0.1) is 6.92 Å². The van der Waals surface area contributed by atoms with Crippen molar-refractivity contribution < 1.29 is 13.9 Å². The number of fused-ring (bicyclic) bond motifs is 1. The lowest BCUT2D eigenvalue weighted by atomic mass is 10.1. The third-order valence-corrected chi connectivity index (χ3v) is 4.75. The third kappa shape index (κ3) is 3.70. The molecule has 1 N–H and O–H groups in total. The lowest BCUT2D eigenvalue weighted by molar-refractivity contribution is 0.102. The smallest absolute Gasteiger partial charge is 0.265 e. The number of carbonyl (C=O) groups excluding carboxylic acids is 1. The largest absolute Gasteiger partial charge is 0.442 e. The van der Waals surface area contributed by atoms with Gasteiger partial charge in [0.05, 0.1) is 17.8 Å². The molecule has 0 saturated carbocycles. The van der Waals surface area contributed by atoms with Crippen LogP contribution in [0.1, 0.15) is 48.8 Å². The molecule has 0 aliphatic rings. The van der Waals surface area contributed by atoms with Crippen LogP contribution in [0.15, 0.2) is 27.8 Å². The maximum absolute atomic E-state index is 13.0. The zero-order valence-corrected chi connectivity index (χ0v) is 16.6. The highest BCUT2D eigenvalue weighted by Crippen LogP contribution is 2.23. The Morgan fingerprint density at radius 3 is 2.93 bits per heavy atom. The van der Waals surface area contributed by atoms with Crippen LogP contribution >= 0.6 is 0 Å². The number of anilines is 1. The van der Waals surface area contributed by atoms with Gasteiger partial charge in [0, 0.05) is 26.3 Å². The molecule has 0 aromatic carbocycles. The minimum atomic E-state index is -0.421. The summed E-state index contributed by atoms with van der Waals surface area (Å²) in [6, 6.07) is 1.86. The number of amides is 1. The van der Waals surface area contributed by atoms with E-state index in [4.69, 9.17) is 9.15 Å². The minimum absolute atomic E-state index is 0.132. The fourth-order valence-corrected chi connectivity index (χ4v) is 3.07. The van der Waals surface area contributed by atoms with Crippen molar-refractivity contribution in [3.63, 3.8) is 0 Å². The van der Waals surface area contributed by atoms with Crippen molar-refractivity contribution >= 4 is 22.8 Å². The monoisotopic (exact) mass is 387 g/mol. The minimum Gasteiger partial charge on any atom is -0.442 e. The van der Waals surface area contributed by atoms with E-state index in [0.717, 1.165) is 6.42 Å². The molecule has 1 atom stereocenters. The summed E-state index contributed by atoms with van der Waals surface area (Å²) < 4.78 is 13.8. The van der Waals surface area contributed by atoms with Gasteiger partial charge in [0.15, 0.2) is 0 Å². The summed E-state index contributed by atoms with van der Waals surface area (Å²) in [5, 5.41) is 7.30. The van der Waals surface area contributed by atoms with Crippen molar-refractivity contribution in [1.82, 2.24) is 19.3 Å². The average Bonchev–Trinajstić information content (AvgIpc) is 3.27. The van der Waals surface area contributed by atoms with Crippen molar-refractivity contribution in [1.29, 1.82) is 0 Å². The third-order valence-electron chi connectivity index (χ3n) is 4.75. The summed E-state index contributed by atoms with van der Waals surface area (Å²) in [7, 11) is 1.61. The molecule has 28 heavy (non-hydrogen) atoms. The van der Waals surface area contributed by atoms with Gasteiger partial charge in [-0.3, -0.25) is 14.2 Å². The summed E-state index contributed by atoms with van der Waals surface area (Å²) in [5.41, 5.74) is 0.0510. The number of furan rings is 1. The Bertz CT molecular complexity index is 1030. The van der Waals surface area contributed by atoms with E-state index >= 15 is 0 Å². The van der Waals surface area contributed by atoms with E-state index in [9.17, 15) is 9.59 Å². The molecule has 1 amide bonds. The van der Waals surface area contributed by atoms with E-state index in [1.807, 2.05) is 13.8 Å². The van der Waals surface area contributed by atoms with Gasteiger partial charge in [0.1, 0.15) is 23.3 Å². The van der Waals surface area contributed by atoms with Gasteiger partial charge < -0.3 is 14.5 Å². The highest BCUT2D eigenvalue weighted by Gasteiger charge is 2.24. The van der Waals surface area contributed by atoms with E-state index < -0.39 is 5.91 Å². The van der Waals surface area contributed by atoms with Crippen molar-refractivity contribution in [2.75, 3.05) is 19.0 Å². The topological polar surface area (TPSA) is 104 Å². The van der Waals surface area contributed by atoms with Gasteiger partial charge in [-0.1, -0.05) is 6.92 Å². The van der Waals surface area contributed by atoms with E-state index in [2.05, 4.69) is 15.4 Å². The zero-order valence-electron chi connectivity index (χ0n) is 16.6. The summed E-state index contributed by atoms with van der Waals surface area (Å²) in [6.07, 6.45) is 4.60. The lowest BCUT2D eigenvalue weighted by Gasteiger charge is -2.14. The number of aryl methyl sites for hydroxylation is 2. The molecule has 0 aliphatic heterocycles. The Labute approximate surface area is 162 Å². The molecule has 9 nitrogen and oxygen atoms in total. The van der Waals surface area contributed by atoms with Gasteiger partial charge in [-0.05, 0) is 26.7 Å². The lowest BCUT2D eigenvalue weighted by Crippen LogP contribution is -2.24. The van der Waals surface area contributed by atoms with E-state index in [1.165, 1.54) is 10.9 Å². The second-order valence-electron chi connectivity index (χ2n) is 6.68. The molecule has 1 unspecified atom stereocenters. The average molecular weight is 387 g/mol. The van der Waals surface area contributed by atoms with Crippen LogP contribution in [0.25, 0.3) is 11.1 Å². The predicted molar refractivity (Wildman–Crippen MR) is 105 cm³/mol. The first-order chi connectivity index (χ1) is 13.5. The van der Waals surface area contributed by atoms with Crippen LogP contribution in [-0.4, -0.2) is 39.0 Å². The second kappa shape index (κ2) is 8.39. The molecule has 150 valence electrons. The number of nitrogens with one attached hydrogen (secondary N) is 1. The maximum atomic E-state index is 13.0. The quantitative estimate of drug-likeness (QED) is 0.596. The van der Waals surface area contributed by atoms with Crippen LogP contribution in [0.4, 0.5) is 5.82 Å². The molecule has 3 aromatic rings. The number of carbonyl (C=O) groups is 1.